The van der Waals surface area contributed by atoms with Crippen LogP contribution < -0.4 is 5.43 Å². The van der Waals surface area contributed by atoms with Crippen molar-refractivity contribution < 1.29 is 19.8 Å². The summed E-state index contributed by atoms with van der Waals surface area (Å²) in [6.45, 7) is 2.26. The quantitative estimate of drug-likeness (QED) is 0.741. The highest BCUT2D eigenvalue weighted by molar-refractivity contribution is 5.87. The third-order valence-electron chi connectivity index (χ3n) is 4.48. The van der Waals surface area contributed by atoms with E-state index in [2.05, 4.69) is 10.3 Å². The molecule has 1 heterocycles. The molecule has 2 amide bonds. The number of hydrogen-bond acceptors (Lipinski definition) is 4. The molecule has 7 nitrogen and oxygen atoms in total. The molecule has 2 fully saturated rings. The van der Waals surface area contributed by atoms with Gasteiger partial charge in [0, 0.05) is 5.54 Å². The Balaban J connectivity index is 1.73. The van der Waals surface area contributed by atoms with Crippen LogP contribution in [0.25, 0.3) is 0 Å². The van der Waals surface area contributed by atoms with E-state index in [-0.39, 0.29) is 10.5 Å². The van der Waals surface area contributed by atoms with Crippen molar-refractivity contribution in [3.63, 3.8) is 0 Å². The molecule has 1 aliphatic carbocycles. The Bertz CT molecular complexity index is 563. The minimum absolute atomic E-state index is 0.141. The van der Waals surface area contributed by atoms with Crippen molar-refractivity contribution in [2.24, 2.45) is 0 Å². The van der Waals surface area contributed by atoms with Gasteiger partial charge in [0.1, 0.15) is 0 Å². The fraction of sp³-hybridized carbons (Fsp3) is 0.467. The maximum atomic E-state index is 10.8. The van der Waals surface area contributed by atoms with Gasteiger partial charge >= 0.3 is 12.2 Å². The lowest BCUT2D eigenvalue weighted by molar-refractivity contribution is 0.132. The molecule has 3 N–H and O–H groups in total. The minimum Gasteiger partial charge on any atom is -0.463 e. The average molecular weight is 305 g/mol. The highest BCUT2D eigenvalue weighted by Crippen LogP contribution is 2.52. The van der Waals surface area contributed by atoms with Gasteiger partial charge in [-0.15, -0.1) is 5.01 Å². The molecule has 2 aliphatic rings. The fourth-order valence-electron chi connectivity index (χ4n) is 3.21. The summed E-state index contributed by atoms with van der Waals surface area (Å²) in [5.74, 6) is 0. The average Bonchev–Trinajstić information content (AvgIpc) is 3.11. The van der Waals surface area contributed by atoms with E-state index in [4.69, 9.17) is 10.2 Å². The first kappa shape index (κ1) is 14.6. The Morgan fingerprint density at radius 2 is 1.59 bits per heavy atom. The second-order valence-corrected chi connectivity index (χ2v) is 5.82. The van der Waals surface area contributed by atoms with Crippen LogP contribution >= 0.6 is 0 Å². The van der Waals surface area contributed by atoms with Crippen LogP contribution in [-0.2, 0) is 5.54 Å². The molecule has 1 aromatic carbocycles. The first-order valence-electron chi connectivity index (χ1n) is 7.41. The zero-order valence-corrected chi connectivity index (χ0v) is 12.2. The Kier molecular flexibility index (Phi) is 3.66. The van der Waals surface area contributed by atoms with E-state index >= 15 is 0 Å². The van der Waals surface area contributed by atoms with Crippen molar-refractivity contribution in [3.05, 3.63) is 29.8 Å². The standard InChI is InChI=1S/C15H19N3O4/c19-13(20)18(14(21)22)16-12-5-3-11(4-6-12)15(7-8-15)17-9-1-2-10-17/h3-6,16H,1-2,7-10H2,(H,19,20)(H,21,22). The number of amides is 2. The molecule has 0 bridgehead atoms. The van der Waals surface area contributed by atoms with Crippen LogP contribution in [0, 0.1) is 0 Å². The van der Waals surface area contributed by atoms with Gasteiger partial charge in [-0.1, -0.05) is 12.1 Å². The van der Waals surface area contributed by atoms with Crippen molar-refractivity contribution in [1.29, 1.82) is 0 Å². The number of anilines is 1. The molecule has 0 spiro atoms. The number of likely N-dealkylation sites (tertiary alicyclic amines) is 1. The van der Waals surface area contributed by atoms with Gasteiger partial charge in [0.2, 0.25) is 0 Å². The molecular weight excluding hydrogens is 286 g/mol. The van der Waals surface area contributed by atoms with E-state index in [1.807, 2.05) is 12.1 Å². The van der Waals surface area contributed by atoms with Crippen molar-refractivity contribution in [2.45, 2.75) is 31.2 Å². The summed E-state index contributed by atoms with van der Waals surface area (Å²) in [5, 5.41) is 17.8. The number of rotatable bonds is 4. The van der Waals surface area contributed by atoms with E-state index in [1.54, 1.807) is 12.1 Å². The summed E-state index contributed by atoms with van der Waals surface area (Å²) in [6, 6.07) is 7.36. The highest BCUT2D eigenvalue weighted by atomic mass is 16.4. The van der Waals surface area contributed by atoms with Gasteiger partial charge in [-0.05, 0) is 56.5 Å². The number of hydrazine groups is 1. The topological polar surface area (TPSA) is 93.1 Å². The molecule has 1 saturated heterocycles. The zero-order chi connectivity index (χ0) is 15.7. The second-order valence-electron chi connectivity index (χ2n) is 5.82. The molecule has 1 aromatic rings. The molecule has 0 unspecified atom stereocenters. The van der Waals surface area contributed by atoms with Gasteiger partial charge in [-0.3, -0.25) is 10.3 Å². The van der Waals surface area contributed by atoms with E-state index in [1.165, 1.54) is 18.4 Å². The van der Waals surface area contributed by atoms with Crippen molar-refractivity contribution in [2.75, 3.05) is 18.5 Å². The predicted octanol–water partition coefficient (Wildman–Crippen LogP) is 2.76. The first-order chi connectivity index (χ1) is 10.5. The molecule has 1 saturated carbocycles. The zero-order valence-electron chi connectivity index (χ0n) is 12.2. The summed E-state index contributed by atoms with van der Waals surface area (Å²) in [6.07, 6.45) is 1.66. The van der Waals surface area contributed by atoms with Crippen molar-refractivity contribution >= 4 is 17.9 Å². The number of benzene rings is 1. The lowest BCUT2D eigenvalue weighted by atomic mass is 10.0. The summed E-state index contributed by atoms with van der Waals surface area (Å²) in [7, 11) is 0. The number of hydrogen-bond donors (Lipinski definition) is 3. The monoisotopic (exact) mass is 305 g/mol. The number of imide groups is 1. The fourth-order valence-corrected chi connectivity index (χ4v) is 3.21. The summed E-state index contributed by atoms with van der Waals surface area (Å²) < 4.78 is 0. The van der Waals surface area contributed by atoms with E-state index in [0.29, 0.717) is 5.69 Å². The van der Waals surface area contributed by atoms with Crippen LogP contribution in [0.1, 0.15) is 31.2 Å². The van der Waals surface area contributed by atoms with E-state index < -0.39 is 12.2 Å². The van der Waals surface area contributed by atoms with E-state index in [0.717, 1.165) is 25.9 Å². The minimum atomic E-state index is -1.56. The SMILES string of the molecule is O=C(O)N(Nc1ccc(C2(N3CCCC3)CC2)cc1)C(=O)O. The maximum Gasteiger partial charge on any atom is 0.436 e. The smallest absolute Gasteiger partial charge is 0.436 e. The largest absolute Gasteiger partial charge is 0.463 e. The van der Waals surface area contributed by atoms with Crippen molar-refractivity contribution in [1.82, 2.24) is 9.91 Å². The number of nitrogens with zero attached hydrogens (tertiary/aromatic N) is 2. The number of carbonyl (C=O) groups is 2. The third-order valence-corrected chi connectivity index (χ3v) is 4.48. The summed E-state index contributed by atoms with van der Waals surface area (Å²) >= 11 is 0. The Morgan fingerprint density at radius 1 is 1.05 bits per heavy atom. The van der Waals surface area contributed by atoms with Crippen LogP contribution in [0.4, 0.5) is 15.3 Å². The number of carboxylic acid groups (broad SMARTS) is 2. The third kappa shape index (κ3) is 2.59. The first-order valence-corrected chi connectivity index (χ1v) is 7.41. The van der Waals surface area contributed by atoms with Crippen LogP contribution in [0.2, 0.25) is 0 Å². The lowest BCUT2D eigenvalue weighted by Crippen LogP contribution is -2.39. The van der Waals surface area contributed by atoms with Crippen LogP contribution in [0.5, 0.6) is 0 Å². The Labute approximate surface area is 128 Å². The van der Waals surface area contributed by atoms with Gasteiger partial charge in [0.15, 0.2) is 0 Å². The van der Waals surface area contributed by atoms with Gasteiger partial charge in [0.05, 0.1) is 5.69 Å². The van der Waals surface area contributed by atoms with Crippen molar-refractivity contribution in [3.8, 4) is 0 Å². The lowest BCUT2D eigenvalue weighted by Gasteiger charge is -2.28. The molecule has 0 atom stereocenters. The van der Waals surface area contributed by atoms with Crippen LogP contribution in [0.15, 0.2) is 24.3 Å². The Morgan fingerprint density at radius 3 is 2.05 bits per heavy atom. The predicted molar refractivity (Wildman–Crippen MR) is 79.7 cm³/mol. The van der Waals surface area contributed by atoms with Gasteiger partial charge in [0.25, 0.3) is 0 Å². The van der Waals surface area contributed by atoms with Crippen LogP contribution in [-0.4, -0.2) is 45.4 Å². The Hall–Kier alpha value is -2.28. The van der Waals surface area contributed by atoms with Gasteiger partial charge in [-0.25, -0.2) is 9.59 Å². The molecule has 1 aliphatic heterocycles. The molecule has 22 heavy (non-hydrogen) atoms. The van der Waals surface area contributed by atoms with E-state index in [9.17, 15) is 9.59 Å². The molecule has 3 rings (SSSR count). The maximum absolute atomic E-state index is 10.8. The molecular formula is C15H19N3O4. The molecule has 0 radical (unpaired) electrons. The van der Waals surface area contributed by atoms with Gasteiger partial charge < -0.3 is 10.2 Å². The molecule has 7 heteroatoms. The molecule has 118 valence electrons. The summed E-state index contributed by atoms with van der Waals surface area (Å²) in [4.78, 5) is 24.2. The molecule has 0 aromatic heterocycles. The van der Waals surface area contributed by atoms with Crippen LogP contribution in [0.3, 0.4) is 0 Å². The van der Waals surface area contributed by atoms with Gasteiger partial charge in [-0.2, -0.15) is 0 Å². The number of nitrogens with one attached hydrogen (secondary N) is 1. The normalized spacial score (nSPS) is 19.6. The summed E-state index contributed by atoms with van der Waals surface area (Å²) in [5.41, 5.74) is 4.17. The second kappa shape index (κ2) is 5.49. The highest BCUT2D eigenvalue weighted by Gasteiger charge is 2.49.